The zero-order chi connectivity index (χ0) is 22.4. The van der Waals surface area contributed by atoms with Crippen LogP contribution in [0, 0.1) is 0 Å². The van der Waals surface area contributed by atoms with Crippen molar-refractivity contribution in [3.05, 3.63) is 52.9 Å². The zero-order valence-corrected chi connectivity index (χ0v) is 18.4. The van der Waals surface area contributed by atoms with E-state index in [-0.39, 0.29) is 12.4 Å². The lowest BCUT2D eigenvalue weighted by Crippen LogP contribution is -2.12. The van der Waals surface area contributed by atoms with Crippen LogP contribution in [0.2, 0.25) is 0 Å². The van der Waals surface area contributed by atoms with E-state index in [4.69, 9.17) is 18.9 Å². The smallest absolute Gasteiger partial charge is 0.310 e. The van der Waals surface area contributed by atoms with Gasteiger partial charge in [-0.3, -0.25) is 14.9 Å². The van der Waals surface area contributed by atoms with E-state index < -0.39 is 5.91 Å². The number of nitrogens with zero attached hydrogens (tertiary/aromatic N) is 1. The second-order valence-electron chi connectivity index (χ2n) is 6.28. The van der Waals surface area contributed by atoms with Gasteiger partial charge in [-0.05, 0) is 12.1 Å². The Bertz CT molecular complexity index is 1060. The number of methoxy groups -OCH3 is 4. The molecule has 8 nitrogen and oxygen atoms in total. The van der Waals surface area contributed by atoms with Crippen molar-refractivity contribution in [2.24, 2.45) is 0 Å². The Balaban J connectivity index is 1.94. The van der Waals surface area contributed by atoms with Gasteiger partial charge in [0.25, 0.3) is 5.91 Å². The molecule has 1 heterocycles. The maximum Gasteiger partial charge on any atom is 0.310 e. The van der Waals surface area contributed by atoms with Crippen molar-refractivity contribution in [2.45, 2.75) is 6.42 Å². The van der Waals surface area contributed by atoms with Crippen molar-refractivity contribution >= 4 is 28.3 Å². The van der Waals surface area contributed by atoms with Crippen LogP contribution in [0.4, 0.5) is 5.13 Å². The van der Waals surface area contributed by atoms with Gasteiger partial charge in [0.15, 0.2) is 16.6 Å². The maximum atomic E-state index is 12.9. The number of carbonyl (C=O) groups excluding carboxylic acids is 2. The van der Waals surface area contributed by atoms with Gasteiger partial charge >= 0.3 is 5.97 Å². The van der Waals surface area contributed by atoms with Crippen LogP contribution in [0.1, 0.15) is 15.2 Å². The quantitative estimate of drug-likeness (QED) is 0.530. The first kappa shape index (κ1) is 22.1. The molecule has 0 spiro atoms. The molecule has 2 aromatic carbocycles. The second-order valence-corrected chi connectivity index (χ2v) is 7.36. The molecule has 1 aromatic heterocycles. The number of hydrogen-bond acceptors (Lipinski definition) is 8. The summed E-state index contributed by atoms with van der Waals surface area (Å²) in [7, 11) is 5.78. The minimum absolute atomic E-state index is 0.0540. The average molecular weight is 442 g/mol. The lowest BCUT2D eigenvalue weighted by molar-refractivity contribution is -0.139. The van der Waals surface area contributed by atoms with Gasteiger partial charge in [-0.1, -0.05) is 30.3 Å². The number of amides is 1. The topological polar surface area (TPSA) is 96.0 Å². The van der Waals surface area contributed by atoms with Crippen LogP contribution in [-0.2, 0) is 16.0 Å². The number of aromatic nitrogens is 1. The number of nitrogens with one attached hydrogen (secondary N) is 1. The van der Waals surface area contributed by atoms with Crippen LogP contribution < -0.4 is 19.5 Å². The Labute approximate surface area is 183 Å². The minimum Gasteiger partial charge on any atom is -0.493 e. The van der Waals surface area contributed by atoms with E-state index in [1.807, 2.05) is 30.3 Å². The summed E-state index contributed by atoms with van der Waals surface area (Å²) in [6.07, 6.45) is 0.0540. The first-order valence-corrected chi connectivity index (χ1v) is 10.1. The molecule has 0 fully saturated rings. The van der Waals surface area contributed by atoms with Gasteiger partial charge in [0.05, 0.1) is 40.6 Å². The molecule has 0 aliphatic carbocycles. The largest absolute Gasteiger partial charge is 0.493 e. The van der Waals surface area contributed by atoms with E-state index in [0.717, 1.165) is 5.56 Å². The fraction of sp³-hybridized carbons (Fsp3) is 0.227. The molecule has 0 saturated heterocycles. The van der Waals surface area contributed by atoms with Gasteiger partial charge in [0, 0.05) is 16.0 Å². The molecule has 0 atom stereocenters. The van der Waals surface area contributed by atoms with Crippen molar-refractivity contribution in [1.82, 2.24) is 4.98 Å². The van der Waals surface area contributed by atoms with Crippen molar-refractivity contribution in [3.8, 4) is 28.5 Å². The number of thiazole rings is 1. The minimum atomic E-state index is -0.405. The van der Waals surface area contributed by atoms with E-state index in [9.17, 15) is 9.59 Å². The van der Waals surface area contributed by atoms with E-state index in [1.54, 1.807) is 12.1 Å². The van der Waals surface area contributed by atoms with Gasteiger partial charge in [-0.2, -0.15) is 0 Å². The molecular weight excluding hydrogens is 420 g/mol. The third kappa shape index (κ3) is 4.95. The molecule has 0 unspecified atom stereocenters. The van der Waals surface area contributed by atoms with E-state index in [1.165, 1.54) is 39.8 Å². The Morgan fingerprint density at radius 2 is 1.61 bits per heavy atom. The van der Waals surface area contributed by atoms with Gasteiger partial charge in [0.1, 0.15) is 0 Å². The molecule has 0 aliphatic rings. The molecular formula is C22H22N2O6S. The SMILES string of the molecule is COC(=O)Cc1sc(NC(=O)c2cc(OC)c(OC)c(OC)c2)nc1-c1ccccc1. The van der Waals surface area contributed by atoms with Gasteiger partial charge in [0.2, 0.25) is 5.75 Å². The highest BCUT2D eigenvalue weighted by Crippen LogP contribution is 2.38. The highest BCUT2D eigenvalue weighted by atomic mass is 32.1. The summed E-state index contributed by atoms with van der Waals surface area (Å²) in [5, 5.41) is 3.14. The number of ether oxygens (including phenoxy) is 4. The Hall–Kier alpha value is -3.59. The predicted octanol–water partition coefficient (Wildman–Crippen LogP) is 3.80. The lowest BCUT2D eigenvalue weighted by Gasteiger charge is -2.13. The molecule has 3 aromatic rings. The summed E-state index contributed by atoms with van der Waals surface area (Å²) in [5.41, 5.74) is 1.77. The third-order valence-corrected chi connectivity index (χ3v) is 5.40. The molecule has 0 bridgehead atoms. The van der Waals surface area contributed by atoms with Crippen LogP contribution >= 0.6 is 11.3 Å². The van der Waals surface area contributed by atoms with Crippen LogP contribution in [0.15, 0.2) is 42.5 Å². The van der Waals surface area contributed by atoms with Crippen molar-refractivity contribution in [3.63, 3.8) is 0 Å². The summed E-state index contributed by atoms with van der Waals surface area (Å²) >= 11 is 1.22. The number of rotatable bonds is 8. The molecule has 9 heteroatoms. The van der Waals surface area contributed by atoms with Crippen molar-refractivity contribution in [2.75, 3.05) is 33.8 Å². The van der Waals surface area contributed by atoms with Crippen LogP contribution in [0.25, 0.3) is 11.3 Å². The molecule has 0 saturated carbocycles. The normalized spacial score (nSPS) is 10.3. The monoisotopic (exact) mass is 442 g/mol. The standard InChI is InChI=1S/C22H22N2O6S/c1-27-15-10-14(11-16(28-2)20(15)30-4)21(26)24-22-23-19(13-8-6-5-7-9-13)17(31-22)12-18(25)29-3/h5-11H,12H2,1-4H3,(H,23,24,26). The number of anilines is 1. The lowest BCUT2D eigenvalue weighted by atomic mass is 10.1. The summed E-state index contributed by atoms with van der Waals surface area (Å²) in [6.45, 7) is 0. The number of hydrogen-bond donors (Lipinski definition) is 1. The van der Waals surface area contributed by atoms with E-state index >= 15 is 0 Å². The molecule has 162 valence electrons. The van der Waals surface area contributed by atoms with Crippen LogP contribution in [-0.4, -0.2) is 45.3 Å². The first-order valence-electron chi connectivity index (χ1n) is 9.24. The predicted molar refractivity (Wildman–Crippen MR) is 117 cm³/mol. The summed E-state index contributed by atoms with van der Waals surface area (Å²) in [6, 6.07) is 12.5. The number of esters is 1. The fourth-order valence-electron chi connectivity index (χ4n) is 2.93. The highest BCUT2D eigenvalue weighted by molar-refractivity contribution is 7.16. The van der Waals surface area contributed by atoms with Crippen LogP contribution in [0.5, 0.6) is 17.2 Å². The molecule has 31 heavy (non-hydrogen) atoms. The first-order chi connectivity index (χ1) is 15.0. The molecule has 1 amide bonds. The number of carbonyl (C=O) groups is 2. The van der Waals surface area contributed by atoms with Crippen molar-refractivity contribution < 1.29 is 28.5 Å². The Kier molecular flexibility index (Phi) is 7.09. The van der Waals surface area contributed by atoms with Crippen molar-refractivity contribution in [1.29, 1.82) is 0 Å². The number of benzene rings is 2. The Morgan fingerprint density at radius 3 is 2.16 bits per heavy atom. The highest BCUT2D eigenvalue weighted by Gasteiger charge is 2.20. The molecule has 0 aliphatic heterocycles. The molecule has 1 N–H and O–H groups in total. The maximum absolute atomic E-state index is 12.9. The fourth-order valence-corrected chi connectivity index (χ4v) is 3.90. The molecule has 0 radical (unpaired) electrons. The van der Waals surface area contributed by atoms with Gasteiger partial charge < -0.3 is 18.9 Å². The summed E-state index contributed by atoms with van der Waals surface area (Å²) in [4.78, 5) is 30.0. The molecule has 3 rings (SSSR count). The second kappa shape index (κ2) is 9.94. The average Bonchev–Trinajstić information content (AvgIpc) is 3.20. The third-order valence-electron chi connectivity index (χ3n) is 4.42. The van der Waals surface area contributed by atoms with Crippen LogP contribution in [0.3, 0.4) is 0 Å². The van der Waals surface area contributed by atoms with E-state index in [0.29, 0.717) is 38.5 Å². The van der Waals surface area contributed by atoms with Gasteiger partial charge in [-0.15, -0.1) is 11.3 Å². The summed E-state index contributed by atoms with van der Waals surface area (Å²) < 4.78 is 20.7. The Morgan fingerprint density at radius 1 is 0.968 bits per heavy atom. The van der Waals surface area contributed by atoms with Gasteiger partial charge in [-0.25, -0.2) is 4.98 Å². The summed E-state index contributed by atoms with van der Waals surface area (Å²) in [5.74, 6) is 0.327. The van der Waals surface area contributed by atoms with E-state index in [2.05, 4.69) is 10.3 Å². The zero-order valence-electron chi connectivity index (χ0n) is 17.6.